The highest BCUT2D eigenvalue weighted by atomic mass is 19.1. The van der Waals surface area contributed by atoms with Crippen LogP contribution < -0.4 is 9.47 Å². The highest BCUT2D eigenvalue weighted by molar-refractivity contribution is 5.89. The second-order valence-corrected chi connectivity index (χ2v) is 8.57. The molecule has 1 saturated carbocycles. The summed E-state index contributed by atoms with van der Waals surface area (Å²) in [7, 11) is 2.94. The Hall–Kier alpha value is -4.20. The maximum Gasteiger partial charge on any atom is 0.339 e. The lowest BCUT2D eigenvalue weighted by molar-refractivity contribution is 0.0600. The quantitative estimate of drug-likeness (QED) is 0.305. The van der Waals surface area contributed by atoms with Crippen LogP contribution in [0.4, 0.5) is 4.39 Å². The molecule has 0 saturated heterocycles. The van der Waals surface area contributed by atoms with Crippen molar-refractivity contribution in [3.8, 4) is 17.3 Å². The SMILES string of the molecule is COC(=O)c1ccc(-n2c(/C=C/c3cccc(OC)c3OC3CCCC3)nc3ccc(F)cc32)nc1. The minimum absolute atomic E-state index is 0.165. The number of nitrogens with zero attached hydrogens (tertiary/aromatic N) is 3. The topological polar surface area (TPSA) is 75.5 Å². The van der Waals surface area contributed by atoms with Crippen LogP contribution in [0, 0.1) is 5.82 Å². The Morgan fingerprint density at radius 1 is 1.08 bits per heavy atom. The minimum Gasteiger partial charge on any atom is -0.493 e. The Labute approximate surface area is 208 Å². The van der Waals surface area contributed by atoms with Gasteiger partial charge in [-0.15, -0.1) is 0 Å². The monoisotopic (exact) mass is 487 g/mol. The molecule has 1 fully saturated rings. The van der Waals surface area contributed by atoms with Crippen LogP contribution in [0.5, 0.6) is 11.5 Å². The number of pyridine rings is 1. The van der Waals surface area contributed by atoms with Crippen molar-refractivity contribution in [3.05, 3.63) is 77.5 Å². The molecule has 7 nitrogen and oxygen atoms in total. The average Bonchev–Trinajstić information content (AvgIpc) is 3.55. The summed E-state index contributed by atoms with van der Waals surface area (Å²) in [5, 5.41) is 0. The van der Waals surface area contributed by atoms with Gasteiger partial charge in [0.15, 0.2) is 11.5 Å². The van der Waals surface area contributed by atoms with Crippen LogP contribution in [-0.2, 0) is 4.74 Å². The van der Waals surface area contributed by atoms with Gasteiger partial charge in [-0.1, -0.05) is 12.1 Å². The molecule has 0 radical (unpaired) electrons. The first-order valence-corrected chi connectivity index (χ1v) is 11.8. The van der Waals surface area contributed by atoms with Crippen LogP contribution in [0.1, 0.15) is 47.4 Å². The van der Waals surface area contributed by atoms with Crippen molar-refractivity contribution in [3.63, 3.8) is 0 Å². The van der Waals surface area contributed by atoms with Crippen molar-refractivity contribution in [1.82, 2.24) is 14.5 Å². The fourth-order valence-electron chi connectivity index (χ4n) is 4.46. The lowest BCUT2D eigenvalue weighted by Gasteiger charge is -2.18. The molecule has 8 heteroatoms. The second kappa shape index (κ2) is 10.2. The molecule has 5 rings (SSSR count). The van der Waals surface area contributed by atoms with Gasteiger partial charge >= 0.3 is 5.97 Å². The zero-order valence-corrected chi connectivity index (χ0v) is 20.1. The van der Waals surface area contributed by atoms with Gasteiger partial charge in [0, 0.05) is 17.8 Å². The number of hydrogen-bond acceptors (Lipinski definition) is 6. The maximum atomic E-state index is 14.2. The van der Waals surface area contributed by atoms with E-state index in [1.807, 2.05) is 30.4 Å². The number of esters is 1. The third-order valence-corrected chi connectivity index (χ3v) is 6.27. The Morgan fingerprint density at radius 3 is 2.64 bits per heavy atom. The van der Waals surface area contributed by atoms with E-state index in [0.717, 1.165) is 31.2 Å². The number of fused-ring (bicyclic) bond motifs is 1. The lowest BCUT2D eigenvalue weighted by Crippen LogP contribution is -2.12. The number of para-hydroxylation sites is 1. The van der Waals surface area contributed by atoms with Crippen molar-refractivity contribution < 1.29 is 23.4 Å². The van der Waals surface area contributed by atoms with Gasteiger partial charge in [0.1, 0.15) is 17.5 Å². The van der Waals surface area contributed by atoms with Crippen LogP contribution in [0.2, 0.25) is 0 Å². The number of methoxy groups -OCH3 is 2. The Kier molecular flexibility index (Phi) is 6.66. The van der Waals surface area contributed by atoms with E-state index in [4.69, 9.17) is 19.2 Å². The largest absolute Gasteiger partial charge is 0.493 e. The number of carbonyl (C=O) groups excluding carboxylic acids is 1. The second-order valence-electron chi connectivity index (χ2n) is 8.57. The third-order valence-electron chi connectivity index (χ3n) is 6.27. The molecule has 2 aromatic carbocycles. The van der Waals surface area contributed by atoms with Crippen molar-refractivity contribution >= 4 is 29.2 Å². The molecule has 1 aliphatic carbocycles. The molecule has 36 heavy (non-hydrogen) atoms. The van der Waals surface area contributed by atoms with E-state index in [-0.39, 0.29) is 11.9 Å². The van der Waals surface area contributed by atoms with Crippen LogP contribution >= 0.6 is 0 Å². The van der Waals surface area contributed by atoms with Crippen molar-refractivity contribution in [2.24, 2.45) is 0 Å². The Bertz CT molecular complexity index is 1420. The van der Waals surface area contributed by atoms with Crippen molar-refractivity contribution in [2.45, 2.75) is 31.8 Å². The van der Waals surface area contributed by atoms with Gasteiger partial charge in [0.05, 0.1) is 36.9 Å². The highest BCUT2D eigenvalue weighted by Crippen LogP contribution is 2.36. The number of ether oxygens (including phenoxy) is 3. The van der Waals surface area contributed by atoms with Gasteiger partial charge in [-0.05, 0) is 68.2 Å². The van der Waals surface area contributed by atoms with Crippen LogP contribution in [0.3, 0.4) is 0 Å². The third kappa shape index (κ3) is 4.66. The van der Waals surface area contributed by atoms with E-state index in [9.17, 15) is 9.18 Å². The molecular formula is C28H26FN3O4. The molecule has 0 amide bonds. The summed E-state index contributed by atoms with van der Waals surface area (Å²) in [6.45, 7) is 0. The molecule has 0 unspecified atom stereocenters. The summed E-state index contributed by atoms with van der Waals surface area (Å²) >= 11 is 0. The van der Waals surface area contributed by atoms with Crippen molar-refractivity contribution in [1.29, 1.82) is 0 Å². The molecule has 2 heterocycles. The first-order valence-electron chi connectivity index (χ1n) is 11.8. The van der Waals surface area contributed by atoms with Gasteiger partial charge in [0.2, 0.25) is 0 Å². The molecule has 0 spiro atoms. The molecule has 1 aliphatic rings. The number of benzene rings is 2. The van der Waals surface area contributed by atoms with Gasteiger partial charge < -0.3 is 14.2 Å². The first-order chi connectivity index (χ1) is 17.6. The van der Waals surface area contributed by atoms with E-state index in [1.165, 1.54) is 25.4 Å². The van der Waals surface area contributed by atoms with Crippen LogP contribution in [-0.4, -0.2) is 40.8 Å². The van der Waals surface area contributed by atoms with Gasteiger partial charge in [-0.3, -0.25) is 4.57 Å². The number of imidazole rings is 1. The number of carbonyl (C=O) groups is 1. The van der Waals surface area contributed by atoms with E-state index in [1.54, 1.807) is 29.9 Å². The van der Waals surface area contributed by atoms with E-state index in [0.29, 0.717) is 39.7 Å². The Morgan fingerprint density at radius 2 is 1.92 bits per heavy atom. The standard InChI is InChI=1S/C28H26FN3O4/c1-34-24-9-5-6-18(27(24)36-21-7-3-4-8-21)10-15-26-31-22-13-12-20(29)16-23(22)32(26)25-14-11-19(17-30-25)28(33)35-2/h5-6,9-17,21H,3-4,7-8H2,1-2H3/b15-10+. The number of hydrogen-bond donors (Lipinski definition) is 0. The fraction of sp³-hybridized carbons (Fsp3) is 0.250. The molecule has 0 aliphatic heterocycles. The molecule has 0 atom stereocenters. The first kappa shape index (κ1) is 23.5. The minimum atomic E-state index is -0.483. The number of halogens is 1. The summed E-state index contributed by atoms with van der Waals surface area (Å²) in [5.41, 5.74) is 2.34. The summed E-state index contributed by atoms with van der Waals surface area (Å²) in [4.78, 5) is 21.0. The maximum absolute atomic E-state index is 14.2. The molecular weight excluding hydrogens is 461 g/mol. The summed E-state index contributed by atoms with van der Waals surface area (Å²) in [5.74, 6) is 1.53. The Balaban J connectivity index is 1.57. The van der Waals surface area contributed by atoms with E-state index < -0.39 is 5.97 Å². The zero-order chi connectivity index (χ0) is 25.1. The van der Waals surface area contributed by atoms with Crippen molar-refractivity contribution in [2.75, 3.05) is 14.2 Å². The molecule has 2 aromatic heterocycles. The number of rotatable bonds is 7. The zero-order valence-electron chi connectivity index (χ0n) is 20.1. The summed E-state index contributed by atoms with van der Waals surface area (Å²) < 4.78 is 32.6. The smallest absolute Gasteiger partial charge is 0.339 e. The average molecular weight is 488 g/mol. The molecule has 184 valence electrons. The normalized spacial score (nSPS) is 14.0. The van der Waals surface area contributed by atoms with Crippen LogP contribution in [0.25, 0.3) is 29.0 Å². The van der Waals surface area contributed by atoms with Gasteiger partial charge in [0.25, 0.3) is 0 Å². The predicted molar refractivity (Wildman–Crippen MR) is 135 cm³/mol. The predicted octanol–water partition coefficient (Wildman–Crippen LogP) is 5.85. The lowest BCUT2D eigenvalue weighted by atomic mass is 10.1. The van der Waals surface area contributed by atoms with E-state index in [2.05, 4.69) is 4.98 Å². The number of aromatic nitrogens is 3. The summed E-state index contributed by atoms with van der Waals surface area (Å²) in [6, 6.07) is 13.4. The molecule has 0 bridgehead atoms. The highest BCUT2D eigenvalue weighted by Gasteiger charge is 2.20. The van der Waals surface area contributed by atoms with Gasteiger partial charge in [-0.25, -0.2) is 19.2 Å². The van der Waals surface area contributed by atoms with E-state index >= 15 is 0 Å². The van der Waals surface area contributed by atoms with Crippen LogP contribution in [0.15, 0.2) is 54.7 Å². The fourth-order valence-corrected chi connectivity index (χ4v) is 4.46. The molecule has 4 aromatic rings. The van der Waals surface area contributed by atoms with Gasteiger partial charge in [-0.2, -0.15) is 0 Å². The summed E-state index contributed by atoms with van der Waals surface area (Å²) in [6.07, 6.45) is 9.70. The molecule has 0 N–H and O–H groups in total.